The molecular formula is C33H23ClN2O3. The van der Waals surface area contributed by atoms with Crippen LogP contribution >= 0.6 is 11.6 Å². The van der Waals surface area contributed by atoms with Crippen molar-refractivity contribution >= 4 is 46.5 Å². The number of fused-ring (bicyclic) bond motifs is 6. The fraction of sp³-hybridized carbons (Fsp3) is 0.121. The van der Waals surface area contributed by atoms with Crippen LogP contribution in [0.15, 0.2) is 109 Å². The summed E-state index contributed by atoms with van der Waals surface area (Å²) in [4.78, 5) is 45.5. The van der Waals surface area contributed by atoms with Gasteiger partial charge in [-0.25, -0.2) is 0 Å². The van der Waals surface area contributed by atoms with Gasteiger partial charge < -0.3 is 10.2 Å². The number of hydrogen-bond donors (Lipinski definition) is 1. The highest BCUT2D eigenvalue weighted by Gasteiger charge is 2.70. The van der Waals surface area contributed by atoms with Crippen molar-refractivity contribution in [1.82, 2.24) is 0 Å². The minimum atomic E-state index is -1.34. The van der Waals surface area contributed by atoms with Crippen LogP contribution in [0.25, 0.3) is 6.08 Å². The van der Waals surface area contributed by atoms with E-state index in [0.29, 0.717) is 21.8 Å². The van der Waals surface area contributed by atoms with Crippen molar-refractivity contribution in [2.45, 2.75) is 17.5 Å². The Morgan fingerprint density at radius 2 is 1.49 bits per heavy atom. The fourth-order valence-corrected chi connectivity index (χ4v) is 6.95. The normalized spacial score (nSPS) is 24.2. The molecule has 1 spiro atoms. The Kier molecular flexibility index (Phi) is 5.32. The number of ketones is 2. The number of benzene rings is 4. The van der Waals surface area contributed by atoms with Gasteiger partial charge in [0.15, 0.2) is 11.6 Å². The summed E-state index contributed by atoms with van der Waals surface area (Å²) in [6.07, 6.45) is 3.95. The molecule has 7 rings (SSSR count). The van der Waals surface area contributed by atoms with Crippen molar-refractivity contribution in [2.75, 3.05) is 10.2 Å². The second-order valence-electron chi connectivity index (χ2n) is 10.1. The van der Waals surface area contributed by atoms with Gasteiger partial charge in [-0.2, -0.15) is 0 Å². The number of amides is 1. The molecule has 1 amide bonds. The molecule has 190 valence electrons. The third kappa shape index (κ3) is 3.23. The molecule has 0 bridgehead atoms. The molecule has 0 aliphatic carbocycles. The minimum Gasteiger partial charge on any atom is -0.352 e. The highest BCUT2D eigenvalue weighted by atomic mass is 35.5. The monoisotopic (exact) mass is 530 g/mol. The predicted molar refractivity (Wildman–Crippen MR) is 152 cm³/mol. The summed E-state index contributed by atoms with van der Waals surface area (Å²) in [5.74, 6) is -1.85. The Balaban J connectivity index is 1.55. The van der Waals surface area contributed by atoms with E-state index in [1.807, 2.05) is 71.6 Å². The third-order valence-electron chi connectivity index (χ3n) is 8.29. The van der Waals surface area contributed by atoms with Crippen LogP contribution in [-0.4, -0.2) is 29.6 Å². The zero-order chi connectivity index (χ0) is 26.7. The van der Waals surface area contributed by atoms with Gasteiger partial charge in [-0.3, -0.25) is 14.4 Å². The minimum absolute atomic E-state index is 0.256. The first-order valence-corrected chi connectivity index (χ1v) is 13.3. The Morgan fingerprint density at radius 1 is 0.795 bits per heavy atom. The maximum atomic E-state index is 14.6. The zero-order valence-electron chi connectivity index (χ0n) is 20.8. The molecule has 6 heteroatoms. The number of nitrogens with one attached hydrogen (secondary N) is 1. The van der Waals surface area contributed by atoms with Crippen LogP contribution in [-0.2, 0) is 10.2 Å². The Hall–Kier alpha value is -4.48. The first kappa shape index (κ1) is 23.6. The topological polar surface area (TPSA) is 66.5 Å². The van der Waals surface area contributed by atoms with Crippen LogP contribution in [0.4, 0.5) is 11.4 Å². The Morgan fingerprint density at radius 3 is 2.31 bits per heavy atom. The smallest absolute Gasteiger partial charge is 0.238 e. The number of nitrogens with zero attached hydrogens (tertiary/aromatic N) is 1. The van der Waals surface area contributed by atoms with Crippen molar-refractivity contribution in [3.05, 3.63) is 136 Å². The summed E-state index contributed by atoms with van der Waals surface area (Å²) < 4.78 is 0. The first-order chi connectivity index (χ1) is 19.0. The number of halogens is 1. The summed E-state index contributed by atoms with van der Waals surface area (Å²) in [7, 11) is 0. The maximum absolute atomic E-state index is 14.6. The standard InChI is InChI=1S/C33H23ClN2O3/c34-24-15-7-5-13-22(24)31(38)29-28(30(37)21-11-2-1-3-12-21)33(23-14-6-8-16-25(23)35-32(33)39)27-19-18-20-10-4-9-17-26(20)36(27)29/h1-19,27-29H,(H,35,39)/t27-,28-,29+,33+/m1/s1. The van der Waals surface area contributed by atoms with Crippen LogP contribution < -0.4 is 10.2 Å². The van der Waals surface area contributed by atoms with E-state index in [-0.39, 0.29) is 17.5 Å². The molecule has 5 nitrogen and oxygen atoms in total. The quantitative estimate of drug-likeness (QED) is 0.319. The highest BCUT2D eigenvalue weighted by Crippen LogP contribution is 2.58. The number of Topliss-reactive ketones (excluding diaryl/α,β-unsaturated/α-hetero) is 2. The van der Waals surface area contributed by atoms with Crippen LogP contribution in [0, 0.1) is 5.92 Å². The van der Waals surface area contributed by atoms with Gasteiger partial charge in [0.1, 0.15) is 11.5 Å². The summed E-state index contributed by atoms with van der Waals surface area (Å²) in [5.41, 5.74) is 2.53. The predicted octanol–water partition coefficient (Wildman–Crippen LogP) is 6.20. The number of anilines is 2. The van der Waals surface area contributed by atoms with Gasteiger partial charge >= 0.3 is 0 Å². The van der Waals surface area contributed by atoms with Gasteiger partial charge in [0, 0.05) is 22.5 Å². The lowest BCUT2D eigenvalue weighted by atomic mass is 9.64. The molecule has 1 saturated heterocycles. The van der Waals surface area contributed by atoms with E-state index in [0.717, 1.165) is 16.8 Å². The molecule has 4 aromatic rings. The molecular weight excluding hydrogens is 508 g/mol. The molecule has 4 atom stereocenters. The molecule has 0 radical (unpaired) electrons. The Bertz CT molecular complexity index is 1700. The molecule has 1 fully saturated rings. The van der Waals surface area contributed by atoms with E-state index in [2.05, 4.69) is 5.32 Å². The average molecular weight is 531 g/mol. The van der Waals surface area contributed by atoms with Gasteiger partial charge in [0.05, 0.1) is 17.0 Å². The SMILES string of the molecule is O=C(c1ccccc1Cl)[C@@H]1[C@H](C(=O)c2ccccc2)[C@@]2(C(=O)Nc3ccccc32)[C@H]2C=Cc3ccccc3N12. The lowest BCUT2D eigenvalue weighted by Crippen LogP contribution is -2.51. The van der Waals surface area contributed by atoms with Crippen LogP contribution in [0.2, 0.25) is 5.02 Å². The van der Waals surface area contributed by atoms with Crippen molar-refractivity contribution < 1.29 is 14.4 Å². The van der Waals surface area contributed by atoms with E-state index in [1.54, 1.807) is 48.5 Å². The second kappa shape index (κ2) is 8.79. The third-order valence-corrected chi connectivity index (χ3v) is 8.62. The maximum Gasteiger partial charge on any atom is 0.238 e. The van der Waals surface area contributed by atoms with Gasteiger partial charge in [-0.1, -0.05) is 103 Å². The summed E-state index contributed by atoms with van der Waals surface area (Å²) in [6, 6.07) is 29.5. The number of carbonyl (C=O) groups is 3. The van der Waals surface area contributed by atoms with E-state index in [1.165, 1.54) is 0 Å². The zero-order valence-corrected chi connectivity index (χ0v) is 21.5. The fourth-order valence-electron chi connectivity index (χ4n) is 6.72. The number of hydrogen-bond acceptors (Lipinski definition) is 4. The molecule has 4 aromatic carbocycles. The van der Waals surface area contributed by atoms with E-state index >= 15 is 0 Å². The highest BCUT2D eigenvalue weighted by molar-refractivity contribution is 6.34. The van der Waals surface area contributed by atoms with Crippen molar-refractivity contribution in [1.29, 1.82) is 0 Å². The van der Waals surface area contributed by atoms with Crippen molar-refractivity contribution in [3.8, 4) is 0 Å². The molecule has 0 saturated carbocycles. The number of para-hydroxylation sites is 2. The van der Waals surface area contributed by atoms with Gasteiger partial charge in [-0.15, -0.1) is 0 Å². The molecule has 0 aromatic heterocycles. The molecule has 0 unspecified atom stereocenters. The molecule has 3 aliphatic heterocycles. The molecule has 1 N–H and O–H groups in total. The van der Waals surface area contributed by atoms with Gasteiger partial charge in [0.2, 0.25) is 5.91 Å². The van der Waals surface area contributed by atoms with E-state index < -0.39 is 23.4 Å². The van der Waals surface area contributed by atoms with Crippen LogP contribution in [0.5, 0.6) is 0 Å². The largest absolute Gasteiger partial charge is 0.352 e. The molecule has 3 aliphatic rings. The van der Waals surface area contributed by atoms with Crippen LogP contribution in [0.1, 0.15) is 31.8 Å². The molecule has 39 heavy (non-hydrogen) atoms. The van der Waals surface area contributed by atoms with E-state index in [4.69, 9.17) is 11.6 Å². The molecule has 3 heterocycles. The number of carbonyl (C=O) groups excluding carboxylic acids is 3. The summed E-state index contributed by atoms with van der Waals surface area (Å²) in [5, 5.41) is 3.35. The van der Waals surface area contributed by atoms with Gasteiger partial charge in [0.25, 0.3) is 0 Å². The van der Waals surface area contributed by atoms with E-state index in [9.17, 15) is 14.4 Å². The lowest BCUT2D eigenvalue weighted by molar-refractivity contribution is -0.121. The van der Waals surface area contributed by atoms with Gasteiger partial charge in [-0.05, 0) is 35.4 Å². The van der Waals surface area contributed by atoms with Crippen molar-refractivity contribution in [2.24, 2.45) is 5.92 Å². The average Bonchev–Trinajstić information content (AvgIpc) is 3.45. The first-order valence-electron chi connectivity index (χ1n) is 12.9. The van der Waals surface area contributed by atoms with Crippen LogP contribution in [0.3, 0.4) is 0 Å². The summed E-state index contributed by atoms with van der Waals surface area (Å²) in [6.45, 7) is 0. The summed E-state index contributed by atoms with van der Waals surface area (Å²) >= 11 is 6.56. The second-order valence-corrected chi connectivity index (χ2v) is 10.5. The lowest BCUT2D eigenvalue weighted by Gasteiger charge is -2.37. The number of rotatable bonds is 4. The Labute approximate surface area is 230 Å². The van der Waals surface area contributed by atoms with Crippen molar-refractivity contribution in [3.63, 3.8) is 0 Å².